The van der Waals surface area contributed by atoms with Gasteiger partial charge in [0.25, 0.3) is 0 Å². The summed E-state index contributed by atoms with van der Waals surface area (Å²) in [7, 11) is 0. The second kappa shape index (κ2) is 6.66. The van der Waals surface area contributed by atoms with Gasteiger partial charge in [-0.3, -0.25) is 15.0 Å². The van der Waals surface area contributed by atoms with Crippen molar-refractivity contribution in [1.29, 1.82) is 0 Å². The molecule has 0 aromatic carbocycles. The Morgan fingerprint density at radius 1 is 1.38 bits per heavy atom. The van der Waals surface area contributed by atoms with Gasteiger partial charge in [-0.05, 0) is 45.1 Å². The van der Waals surface area contributed by atoms with E-state index in [-0.39, 0.29) is 11.7 Å². The van der Waals surface area contributed by atoms with Crippen LogP contribution >= 0.6 is 0 Å². The van der Waals surface area contributed by atoms with Gasteiger partial charge in [-0.2, -0.15) is 0 Å². The standard InChI is InChI=1S/C17H33N3O/c1-6-17(5)16(21)20(15(18-17)12-13(3)4)11-10-19(7-2)14-8-9-14/h13-15,18H,6-12H2,1-5H3. The lowest BCUT2D eigenvalue weighted by Gasteiger charge is -2.29. The predicted molar refractivity (Wildman–Crippen MR) is 87.1 cm³/mol. The molecule has 2 atom stereocenters. The summed E-state index contributed by atoms with van der Waals surface area (Å²) in [6.07, 6.45) is 4.78. The Kier molecular flexibility index (Phi) is 5.31. The van der Waals surface area contributed by atoms with Crippen LogP contribution in [0.25, 0.3) is 0 Å². The van der Waals surface area contributed by atoms with E-state index in [9.17, 15) is 4.79 Å². The van der Waals surface area contributed by atoms with Gasteiger partial charge in [-0.25, -0.2) is 0 Å². The lowest BCUT2D eigenvalue weighted by Crippen LogP contribution is -2.44. The molecule has 2 rings (SSSR count). The number of carbonyl (C=O) groups excluding carboxylic acids is 1. The third kappa shape index (κ3) is 3.78. The molecule has 1 N–H and O–H groups in total. The summed E-state index contributed by atoms with van der Waals surface area (Å²) in [5.74, 6) is 0.894. The number of rotatable bonds is 8. The molecule has 1 saturated heterocycles. The smallest absolute Gasteiger partial charge is 0.243 e. The van der Waals surface area contributed by atoms with Crippen LogP contribution in [0.1, 0.15) is 60.3 Å². The Balaban J connectivity index is 2.00. The first-order chi connectivity index (χ1) is 9.91. The fourth-order valence-corrected chi connectivity index (χ4v) is 3.38. The zero-order valence-electron chi connectivity index (χ0n) is 14.5. The van der Waals surface area contributed by atoms with Crippen molar-refractivity contribution in [2.45, 2.75) is 78.0 Å². The van der Waals surface area contributed by atoms with E-state index in [1.165, 1.54) is 12.8 Å². The van der Waals surface area contributed by atoms with Crippen LogP contribution in [-0.2, 0) is 4.79 Å². The molecule has 1 saturated carbocycles. The Hall–Kier alpha value is -0.610. The molecule has 0 aromatic rings. The number of amides is 1. The van der Waals surface area contributed by atoms with E-state index in [4.69, 9.17) is 0 Å². The van der Waals surface area contributed by atoms with Crippen LogP contribution in [0.15, 0.2) is 0 Å². The maximum Gasteiger partial charge on any atom is 0.243 e. The molecule has 1 amide bonds. The van der Waals surface area contributed by atoms with Crippen molar-refractivity contribution in [3.05, 3.63) is 0 Å². The Morgan fingerprint density at radius 3 is 2.52 bits per heavy atom. The van der Waals surface area contributed by atoms with E-state index >= 15 is 0 Å². The Bertz CT molecular complexity index is 367. The molecule has 0 spiro atoms. The number of nitrogens with one attached hydrogen (secondary N) is 1. The predicted octanol–water partition coefficient (Wildman–Crippen LogP) is 2.44. The van der Waals surface area contributed by atoms with Gasteiger partial charge in [0.15, 0.2) is 0 Å². The maximum atomic E-state index is 12.8. The fourth-order valence-electron chi connectivity index (χ4n) is 3.38. The molecule has 0 aromatic heterocycles. The quantitative estimate of drug-likeness (QED) is 0.747. The highest BCUT2D eigenvalue weighted by Gasteiger charge is 2.46. The molecular formula is C17H33N3O. The van der Waals surface area contributed by atoms with Crippen molar-refractivity contribution in [3.8, 4) is 0 Å². The van der Waals surface area contributed by atoms with E-state index in [0.717, 1.165) is 38.5 Å². The van der Waals surface area contributed by atoms with Crippen LogP contribution in [0.5, 0.6) is 0 Å². The van der Waals surface area contributed by atoms with E-state index < -0.39 is 0 Å². The van der Waals surface area contributed by atoms with Gasteiger partial charge in [0.05, 0.1) is 11.7 Å². The van der Waals surface area contributed by atoms with Crippen LogP contribution in [0.4, 0.5) is 0 Å². The molecule has 1 aliphatic carbocycles. The first kappa shape index (κ1) is 16.8. The molecule has 0 radical (unpaired) electrons. The van der Waals surface area contributed by atoms with Crippen molar-refractivity contribution in [2.24, 2.45) is 5.92 Å². The molecule has 0 bridgehead atoms. The minimum atomic E-state index is -0.365. The highest BCUT2D eigenvalue weighted by Crippen LogP contribution is 2.29. The van der Waals surface area contributed by atoms with Crippen LogP contribution < -0.4 is 5.32 Å². The van der Waals surface area contributed by atoms with Crippen molar-refractivity contribution in [3.63, 3.8) is 0 Å². The number of nitrogens with zero attached hydrogens (tertiary/aromatic N) is 2. The minimum Gasteiger partial charge on any atom is -0.324 e. The second-order valence-corrected chi connectivity index (χ2v) is 7.33. The third-order valence-corrected chi connectivity index (χ3v) is 5.09. The van der Waals surface area contributed by atoms with Crippen molar-refractivity contribution in [1.82, 2.24) is 15.1 Å². The number of hydrogen-bond donors (Lipinski definition) is 1. The SMILES string of the molecule is CCN(CCN1C(=O)C(C)(CC)NC1CC(C)C)C1CC1. The highest BCUT2D eigenvalue weighted by molar-refractivity contribution is 5.88. The van der Waals surface area contributed by atoms with Crippen molar-refractivity contribution < 1.29 is 4.79 Å². The third-order valence-electron chi connectivity index (χ3n) is 5.09. The van der Waals surface area contributed by atoms with Crippen LogP contribution in [-0.4, -0.2) is 53.1 Å². The summed E-state index contributed by atoms with van der Waals surface area (Å²) in [5.41, 5.74) is -0.365. The minimum absolute atomic E-state index is 0.209. The van der Waals surface area contributed by atoms with Crippen LogP contribution in [0, 0.1) is 5.92 Å². The highest BCUT2D eigenvalue weighted by atomic mass is 16.2. The summed E-state index contributed by atoms with van der Waals surface area (Å²) in [6, 6.07) is 0.779. The normalized spacial score (nSPS) is 30.0. The molecule has 1 heterocycles. The monoisotopic (exact) mass is 295 g/mol. The molecule has 2 unspecified atom stereocenters. The molecule has 2 aliphatic rings. The van der Waals surface area contributed by atoms with E-state index in [1.807, 2.05) is 0 Å². The fraction of sp³-hybridized carbons (Fsp3) is 0.941. The summed E-state index contributed by atoms with van der Waals surface area (Å²) in [4.78, 5) is 17.4. The summed E-state index contributed by atoms with van der Waals surface area (Å²) in [6.45, 7) is 13.8. The largest absolute Gasteiger partial charge is 0.324 e. The average molecular weight is 295 g/mol. The molecule has 21 heavy (non-hydrogen) atoms. The Labute approximate surface area is 130 Å². The van der Waals surface area contributed by atoms with Crippen molar-refractivity contribution in [2.75, 3.05) is 19.6 Å². The number of carbonyl (C=O) groups is 1. The van der Waals surface area contributed by atoms with E-state index in [2.05, 4.69) is 49.7 Å². The van der Waals surface area contributed by atoms with E-state index in [1.54, 1.807) is 0 Å². The summed E-state index contributed by atoms with van der Waals surface area (Å²) >= 11 is 0. The maximum absolute atomic E-state index is 12.8. The van der Waals surface area contributed by atoms with Gasteiger partial charge in [0.1, 0.15) is 0 Å². The van der Waals surface area contributed by atoms with E-state index in [0.29, 0.717) is 11.8 Å². The first-order valence-electron chi connectivity index (χ1n) is 8.74. The Morgan fingerprint density at radius 2 is 2.05 bits per heavy atom. The first-order valence-corrected chi connectivity index (χ1v) is 8.74. The lowest BCUT2D eigenvalue weighted by atomic mass is 9.99. The van der Waals surface area contributed by atoms with Gasteiger partial charge >= 0.3 is 0 Å². The zero-order chi connectivity index (χ0) is 15.6. The van der Waals surface area contributed by atoms with Gasteiger partial charge in [0, 0.05) is 19.1 Å². The summed E-state index contributed by atoms with van der Waals surface area (Å²) in [5, 5.41) is 3.59. The molecule has 4 nitrogen and oxygen atoms in total. The van der Waals surface area contributed by atoms with Crippen LogP contribution in [0.3, 0.4) is 0 Å². The van der Waals surface area contributed by atoms with Gasteiger partial charge in [0.2, 0.25) is 5.91 Å². The average Bonchev–Trinajstić information content (AvgIpc) is 3.23. The van der Waals surface area contributed by atoms with Crippen molar-refractivity contribution >= 4 is 5.91 Å². The molecule has 122 valence electrons. The molecule has 1 aliphatic heterocycles. The topological polar surface area (TPSA) is 35.6 Å². The number of hydrogen-bond acceptors (Lipinski definition) is 3. The van der Waals surface area contributed by atoms with Gasteiger partial charge < -0.3 is 4.90 Å². The molecular weight excluding hydrogens is 262 g/mol. The number of likely N-dealkylation sites (N-methyl/N-ethyl adjacent to an activating group) is 1. The zero-order valence-corrected chi connectivity index (χ0v) is 14.5. The summed E-state index contributed by atoms with van der Waals surface area (Å²) < 4.78 is 0. The van der Waals surface area contributed by atoms with Gasteiger partial charge in [-0.15, -0.1) is 0 Å². The second-order valence-electron chi connectivity index (χ2n) is 7.33. The molecule has 4 heteroatoms. The van der Waals surface area contributed by atoms with Crippen LogP contribution in [0.2, 0.25) is 0 Å². The molecule has 2 fully saturated rings. The van der Waals surface area contributed by atoms with Gasteiger partial charge in [-0.1, -0.05) is 27.7 Å². The lowest BCUT2D eigenvalue weighted by molar-refractivity contribution is -0.133.